The van der Waals surface area contributed by atoms with Crippen molar-refractivity contribution in [2.75, 3.05) is 36.5 Å². The molecule has 5 heteroatoms. The number of rotatable bonds is 4. The van der Waals surface area contributed by atoms with Crippen LogP contribution in [0.3, 0.4) is 0 Å². The van der Waals surface area contributed by atoms with Crippen LogP contribution < -0.4 is 10.2 Å². The fourth-order valence-electron chi connectivity index (χ4n) is 2.27. The molecule has 5 nitrogen and oxygen atoms in total. The SMILES string of the molecule is CCCNc1ncc(C)c(N2CCOC(C)(C)C2)n1. The maximum atomic E-state index is 5.75. The van der Waals surface area contributed by atoms with Crippen LogP contribution in [0.5, 0.6) is 0 Å². The van der Waals surface area contributed by atoms with E-state index < -0.39 is 0 Å². The molecule has 0 unspecified atom stereocenters. The van der Waals surface area contributed by atoms with E-state index in [-0.39, 0.29) is 5.60 Å². The van der Waals surface area contributed by atoms with Gasteiger partial charge in [-0.1, -0.05) is 6.92 Å². The van der Waals surface area contributed by atoms with Crippen molar-refractivity contribution in [1.29, 1.82) is 0 Å². The molecule has 106 valence electrons. The number of aryl methyl sites for hydroxylation is 1. The van der Waals surface area contributed by atoms with Gasteiger partial charge in [0.1, 0.15) is 5.82 Å². The predicted octanol–water partition coefficient (Wildman–Crippen LogP) is 2.22. The summed E-state index contributed by atoms with van der Waals surface area (Å²) in [5.41, 5.74) is 0.992. The number of hydrogen-bond donors (Lipinski definition) is 1. The van der Waals surface area contributed by atoms with E-state index in [1.54, 1.807) is 0 Å². The Kier molecular flexibility index (Phi) is 4.24. The lowest BCUT2D eigenvalue weighted by Crippen LogP contribution is -2.48. The van der Waals surface area contributed by atoms with Gasteiger partial charge in [-0.05, 0) is 27.2 Å². The predicted molar refractivity (Wildman–Crippen MR) is 77.8 cm³/mol. The molecule has 1 aromatic rings. The highest BCUT2D eigenvalue weighted by atomic mass is 16.5. The molecular weight excluding hydrogens is 240 g/mol. The highest BCUT2D eigenvalue weighted by molar-refractivity contribution is 5.49. The molecular formula is C14H24N4O. The number of ether oxygens (including phenoxy) is 1. The van der Waals surface area contributed by atoms with Gasteiger partial charge in [0, 0.05) is 31.4 Å². The zero-order valence-corrected chi connectivity index (χ0v) is 12.4. The third kappa shape index (κ3) is 3.56. The third-order valence-corrected chi connectivity index (χ3v) is 3.20. The van der Waals surface area contributed by atoms with Crippen LogP contribution in [0.25, 0.3) is 0 Å². The first-order valence-corrected chi connectivity index (χ1v) is 6.98. The van der Waals surface area contributed by atoms with Crippen LogP contribution in [-0.2, 0) is 4.74 Å². The fraction of sp³-hybridized carbons (Fsp3) is 0.714. The number of hydrogen-bond acceptors (Lipinski definition) is 5. The molecule has 0 spiro atoms. The molecule has 1 saturated heterocycles. The Morgan fingerprint density at radius 1 is 1.47 bits per heavy atom. The molecule has 0 saturated carbocycles. The van der Waals surface area contributed by atoms with Gasteiger partial charge in [-0.15, -0.1) is 0 Å². The van der Waals surface area contributed by atoms with Crippen LogP contribution in [0.2, 0.25) is 0 Å². The zero-order chi connectivity index (χ0) is 13.9. The Bertz CT molecular complexity index is 433. The minimum atomic E-state index is -0.118. The van der Waals surface area contributed by atoms with Crippen molar-refractivity contribution in [3.63, 3.8) is 0 Å². The standard InChI is InChI=1S/C14H24N4O/c1-5-6-15-13-16-9-11(2)12(17-13)18-7-8-19-14(3,4)10-18/h9H,5-8,10H2,1-4H3,(H,15,16,17). The average Bonchev–Trinajstić information content (AvgIpc) is 2.36. The summed E-state index contributed by atoms with van der Waals surface area (Å²) in [5.74, 6) is 1.73. The van der Waals surface area contributed by atoms with E-state index in [4.69, 9.17) is 4.74 Å². The molecule has 0 bridgehead atoms. The number of morpholine rings is 1. The molecule has 1 aliphatic rings. The lowest BCUT2D eigenvalue weighted by molar-refractivity contribution is -0.0279. The van der Waals surface area contributed by atoms with E-state index in [9.17, 15) is 0 Å². The normalized spacial score (nSPS) is 18.4. The Morgan fingerprint density at radius 2 is 2.26 bits per heavy atom. The summed E-state index contributed by atoms with van der Waals surface area (Å²) in [6.45, 7) is 11.8. The Balaban J connectivity index is 2.18. The molecule has 1 aromatic heterocycles. The largest absolute Gasteiger partial charge is 0.372 e. The molecule has 0 aromatic carbocycles. The molecule has 1 N–H and O–H groups in total. The van der Waals surface area contributed by atoms with E-state index in [2.05, 4.69) is 47.9 Å². The van der Waals surface area contributed by atoms with E-state index >= 15 is 0 Å². The quantitative estimate of drug-likeness (QED) is 0.903. The number of aromatic nitrogens is 2. The summed E-state index contributed by atoms with van der Waals surface area (Å²) in [7, 11) is 0. The number of anilines is 2. The summed E-state index contributed by atoms with van der Waals surface area (Å²) < 4.78 is 5.75. The monoisotopic (exact) mass is 264 g/mol. The van der Waals surface area contributed by atoms with Crippen LogP contribution in [0, 0.1) is 6.92 Å². The van der Waals surface area contributed by atoms with Crippen molar-refractivity contribution in [2.45, 2.75) is 39.7 Å². The summed E-state index contributed by atoms with van der Waals surface area (Å²) in [4.78, 5) is 11.3. The minimum absolute atomic E-state index is 0.118. The molecule has 19 heavy (non-hydrogen) atoms. The molecule has 2 heterocycles. The summed E-state index contributed by atoms with van der Waals surface area (Å²) >= 11 is 0. The average molecular weight is 264 g/mol. The van der Waals surface area contributed by atoms with E-state index in [1.165, 1.54) is 0 Å². The summed E-state index contributed by atoms with van der Waals surface area (Å²) in [6, 6.07) is 0. The summed E-state index contributed by atoms with van der Waals surface area (Å²) in [5, 5.41) is 3.24. The Hall–Kier alpha value is -1.36. The van der Waals surface area contributed by atoms with Crippen LogP contribution in [-0.4, -0.2) is 41.8 Å². The van der Waals surface area contributed by atoms with E-state index in [1.807, 2.05) is 6.20 Å². The first kappa shape index (κ1) is 14.1. The zero-order valence-electron chi connectivity index (χ0n) is 12.4. The lowest BCUT2D eigenvalue weighted by Gasteiger charge is -2.39. The second kappa shape index (κ2) is 5.74. The van der Waals surface area contributed by atoms with E-state index in [0.717, 1.165) is 44.0 Å². The number of nitrogens with zero attached hydrogens (tertiary/aromatic N) is 3. The van der Waals surface area contributed by atoms with Gasteiger partial charge >= 0.3 is 0 Å². The van der Waals surface area contributed by atoms with Gasteiger partial charge in [-0.3, -0.25) is 0 Å². The van der Waals surface area contributed by atoms with Crippen LogP contribution in [0.1, 0.15) is 32.8 Å². The molecule has 1 aliphatic heterocycles. The smallest absolute Gasteiger partial charge is 0.224 e. The maximum absolute atomic E-state index is 5.75. The molecule has 0 atom stereocenters. The number of nitrogens with one attached hydrogen (secondary N) is 1. The van der Waals surface area contributed by atoms with Crippen LogP contribution in [0.4, 0.5) is 11.8 Å². The molecule has 0 radical (unpaired) electrons. The van der Waals surface area contributed by atoms with E-state index in [0.29, 0.717) is 5.95 Å². The second-order valence-electron chi connectivity index (χ2n) is 5.66. The van der Waals surface area contributed by atoms with Crippen molar-refractivity contribution < 1.29 is 4.74 Å². The minimum Gasteiger partial charge on any atom is -0.372 e. The fourth-order valence-corrected chi connectivity index (χ4v) is 2.27. The molecule has 2 rings (SSSR count). The van der Waals surface area contributed by atoms with Crippen molar-refractivity contribution in [2.24, 2.45) is 0 Å². The first-order chi connectivity index (χ1) is 9.02. The second-order valence-corrected chi connectivity index (χ2v) is 5.66. The lowest BCUT2D eigenvalue weighted by atomic mass is 10.1. The summed E-state index contributed by atoms with van der Waals surface area (Å²) in [6.07, 6.45) is 2.96. The Labute approximate surface area is 115 Å². The van der Waals surface area contributed by atoms with Crippen molar-refractivity contribution in [1.82, 2.24) is 9.97 Å². The highest BCUT2D eigenvalue weighted by Crippen LogP contribution is 2.24. The van der Waals surface area contributed by atoms with Gasteiger partial charge in [0.2, 0.25) is 5.95 Å². The maximum Gasteiger partial charge on any atom is 0.224 e. The highest BCUT2D eigenvalue weighted by Gasteiger charge is 2.28. The van der Waals surface area contributed by atoms with Gasteiger partial charge in [0.25, 0.3) is 0 Å². The molecule has 0 amide bonds. The van der Waals surface area contributed by atoms with Gasteiger partial charge in [-0.2, -0.15) is 4.98 Å². The molecule has 1 fully saturated rings. The van der Waals surface area contributed by atoms with Gasteiger partial charge in [-0.25, -0.2) is 4.98 Å². The third-order valence-electron chi connectivity index (χ3n) is 3.20. The van der Waals surface area contributed by atoms with Crippen molar-refractivity contribution in [3.05, 3.63) is 11.8 Å². The Morgan fingerprint density at radius 3 is 2.95 bits per heavy atom. The van der Waals surface area contributed by atoms with Crippen molar-refractivity contribution in [3.8, 4) is 0 Å². The molecule has 0 aliphatic carbocycles. The van der Waals surface area contributed by atoms with Gasteiger partial charge in [0.15, 0.2) is 0 Å². The van der Waals surface area contributed by atoms with Gasteiger partial charge in [0.05, 0.1) is 12.2 Å². The van der Waals surface area contributed by atoms with Crippen LogP contribution >= 0.6 is 0 Å². The van der Waals surface area contributed by atoms with Gasteiger partial charge < -0.3 is 15.0 Å². The topological polar surface area (TPSA) is 50.3 Å². The van der Waals surface area contributed by atoms with Crippen molar-refractivity contribution >= 4 is 11.8 Å². The first-order valence-electron chi connectivity index (χ1n) is 6.98. The van der Waals surface area contributed by atoms with Crippen LogP contribution in [0.15, 0.2) is 6.20 Å².